The summed E-state index contributed by atoms with van der Waals surface area (Å²) in [4.78, 5) is 15.8. The quantitative estimate of drug-likeness (QED) is 0.886. The molecule has 2 aromatic carbocycles. The van der Waals surface area contributed by atoms with Gasteiger partial charge in [-0.2, -0.15) is 0 Å². The summed E-state index contributed by atoms with van der Waals surface area (Å²) in [6.07, 6.45) is 3.57. The standard InChI is InChI=1S/C19H20N3O2/c23-19(24-15-17-7-3-1-4-8-17)20-11-12-21-13-14-22(16-21)18-9-5-2-6-10-18/h1-10,12-14H,11,15-16H2,(H,20,23). The van der Waals surface area contributed by atoms with Gasteiger partial charge in [0.05, 0.1) is 13.2 Å². The van der Waals surface area contributed by atoms with Gasteiger partial charge in [-0.15, -0.1) is 0 Å². The molecule has 0 unspecified atom stereocenters. The van der Waals surface area contributed by atoms with Crippen LogP contribution >= 0.6 is 0 Å². The fraction of sp³-hybridized carbons (Fsp3) is 0.158. The Morgan fingerprint density at radius 3 is 2.50 bits per heavy atom. The number of anilines is 1. The lowest BCUT2D eigenvalue weighted by atomic mass is 10.2. The normalized spacial score (nSPS) is 13.2. The lowest BCUT2D eigenvalue weighted by Gasteiger charge is -2.21. The number of carbonyl (C=O) groups is 1. The molecule has 0 aliphatic carbocycles. The average Bonchev–Trinajstić information content (AvgIpc) is 3.11. The zero-order valence-corrected chi connectivity index (χ0v) is 13.3. The number of alkyl carbamates (subject to hydrolysis) is 1. The molecule has 3 rings (SSSR count). The molecule has 123 valence electrons. The van der Waals surface area contributed by atoms with Crippen LogP contribution in [0.25, 0.3) is 0 Å². The van der Waals surface area contributed by atoms with Crippen LogP contribution in [0.2, 0.25) is 0 Å². The summed E-state index contributed by atoms with van der Waals surface area (Å²) in [7, 11) is 0. The third-order valence-corrected chi connectivity index (χ3v) is 3.63. The number of nitrogens with one attached hydrogen (secondary N) is 1. The Morgan fingerprint density at radius 2 is 1.75 bits per heavy atom. The molecule has 1 heterocycles. The Labute approximate surface area is 142 Å². The van der Waals surface area contributed by atoms with Gasteiger partial charge in [0.2, 0.25) is 0 Å². The number of nitrogens with zero attached hydrogens (tertiary/aromatic N) is 2. The van der Waals surface area contributed by atoms with Crippen molar-refractivity contribution in [3.8, 4) is 0 Å². The number of hydrogen-bond donors (Lipinski definition) is 1. The van der Waals surface area contributed by atoms with E-state index in [9.17, 15) is 4.79 Å². The largest absolute Gasteiger partial charge is 0.445 e. The summed E-state index contributed by atoms with van der Waals surface area (Å²) >= 11 is 0. The minimum absolute atomic E-state index is 0.276. The minimum atomic E-state index is -0.418. The van der Waals surface area contributed by atoms with Crippen molar-refractivity contribution in [1.82, 2.24) is 10.2 Å². The predicted octanol–water partition coefficient (Wildman–Crippen LogP) is 3.33. The van der Waals surface area contributed by atoms with Gasteiger partial charge < -0.3 is 19.9 Å². The molecule has 1 aliphatic heterocycles. The van der Waals surface area contributed by atoms with Crippen molar-refractivity contribution in [2.45, 2.75) is 6.61 Å². The number of ether oxygens (including phenoxy) is 1. The number of hydrogen-bond acceptors (Lipinski definition) is 4. The van der Waals surface area contributed by atoms with Crippen molar-refractivity contribution in [1.29, 1.82) is 0 Å². The summed E-state index contributed by atoms with van der Waals surface area (Å²) < 4.78 is 5.17. The lowest BCUT2D eigenvalue weighted by molar-refractivity contribution is 0.140. The topological polar surface area (TPSA) is 44.8 Å². The molecule has 5 heteroatoms. The van der Waals surface area contributed by atoms with Crippen molar-refractivity contribution in [2.24, 2.45) is 0 Å². The Kier molecular flexibility index (Phi) is 5.35. The van der Waals surface area contributed by atoms with Gasteiger partial charge in [0, 0.05) is 24.6 Å². The van der Waals surface area contributed by atoms with Crippen LogP contribution in [0.5, 0.6) is 0 Å². The van der Waals surface area contributed by atoms with E-state index < -0.39 is 6.09 Å². The van der Waals surface area contributed by atoms with Crippen molar-refractivity contribution in [3.05, 3.63) is 85.2 Å². The Bertz CT molecular complexity index is 674. The molecule has 0 saturated carbocycles. The van der Waals surface area contributed by atoms with E-state index >= 15 is 0 Å². The second-order valence-electron chi connectivity index (χ2n) is 5.38. The second-order valence-corrected chi connectivity index (χ2v) is 5.38. The number of carbonyl (C=O) groups excluding carboxylic acids is 1. The molecule has 0 spiro atoms. The van der Waals surface area contributed by atoms with Crippen molar-refractivity contribution < 1.29 is 9.53 Å². The van der Waals surface area contributed by atoms with Crippen LogP contribution < -0.4 is 10.2 Å². The highest BCUT2D eigenvalue weighted by Crippen LogP contribution is 2.18. The molecule has 1 N–H and O–H groups in total. The maximum absolute atomic E-state index is 11.7. The highest BCUT2D eigenvalue weighted by Gasteiger charge is 2.13. The van der Waals surface area contributed by atoms with Crippen molar-refractivity contribution >= 4 is 11.8 Å². The summed E-state index contributed by atoms with van der Waals surface area (Å²) in [5.41, 5.74) is 2.11. The van der Waals surface area contributed by atoms with Crippen LogP contribution in [0.15, 0.2) is 73.1 Å². The number of rotatable bonds is 6. The first-order valence-corrected chi connectivity index (χ1v) is 7.85. The zero-order chi connectivity index (χ0) is 16.6. The maximum Gasteiger partial charge on any atom is 0.407 e. The van der Waals surface area contributed by atoms with Gasteiger partial charge in [-0.05, 0) is 17.7 Å². The van der Waals surface area contributed by atoms with Gasteiger partial charge >= 0.3 is 6.09 Å². The third-order valence-electron chi connectivity index (χ3n) is 3.63. The Hall–Kier alpha value is -2.95. The van der Waals surface area contributed by atoms with Crippen LogP contribution in [-0.4, -0.2) is 24.2 Å². The first-order chi connectivity index (χ1) is 11.8. The van der Waals surface area contributed by atoms with Gasteiger partial charge in [0.25, 0.3) is 0 Å². The van der Waals surface area contributed by atoms with Gasteiger partial charge in [-0.25, -0.2) is 4.79 Å². The molecule has 1 amide bonds. The van der Waals surface area contributed by atoms with Crippen molar-refractivity contribution in [2.75, 3.05) is 18.1 Å². The van der Waals surface area contributed by atoms with E-state index in [2.05, 4.69) is 22.3 Å². The highest BCUT2D eigenvalue weighted by molar-refractivity contribution is 5.67. The smallest absolute Gasteiger partial charge is 0.407 e. The fourth-order valence-electron chi connectivity index (χ4n) is 2.36. The molecule has 0 atom stereocenters. The van der Waals surface area contributed by atoms with E-state index in [1.807, 2.05) is 72.4 Å². The van der Waals surface area contributed by atoms with Crippen molar-refractivity contribution in [3.63, 3.8) is 0 Å². The molecule has 2 aromatic rings. The van der Waals surface area contributed by atoms with Gasteiger partial charge in [0.1, 0.15) is 6.61 Å². The van der Waals surface area contributed by atoms with Gasteiger partial charge in [0.15, 0.2) is 0 Å². The minimum Gasteiger partial charge on any atom is -0.445 e. The Morgan fingerprint density at radius 1 is 1.04 bits per heavy atom. The summed E-state index contributed by atoms with van der Waals surface area (Å²) in [5, 5.41) is 2.72. The zero-order valence-electron chi connectivity index (χ0n) is 13.3. The Balaban J connectivity index is 1.34. The van der Waals surface area contributed by atoms with E-state index in [1.165, 1.54) is 0 Å². The van der Waals surface area contributed by atoms with E-state index in [4.69, 9.17) is 4.74 Å². The number of benzene rings is 2. The maximum atomic E-state index is 11.7. The predicted molar refractivity (Wildman–Crippen MR) is 93.7 cm³/mol. The first kappa shape index (κ1) is 15.9. The summed E-state index contributed by atoms with van der Waals surface area (Å²) in [6.45, 7) is 3.34. The summed E-state index contributed by atoms with van der Waals surface area (Å²) in [6, 6.07) is 19.8. The SMILES string of the molecule is O=C(NC[CH]N1C=CN(c2ccccc2)C1)OCc1ccccc1. The van der Waals surface area contributed by atoms with Crippen LogP contribution in [0.4, 0.5) is 10.5 Å². The fourth-order valence-corrected chi connectivity index (χ4v) is 2.36. The second kappa shape index (κ2) is 8.06. The van der Waals surface area contributed by atoms with Crippen LogP contribution in [0.3, 0.4) is 0 Å². The van der Waals surface area contributed by atoms with Crippen LogP contribution in [0, 0.1) is 6.54 Å². The van der Waals surface area contributed by atoms with Gasteiger partial charge in [-0.3, -0.25) is 0 Å². The molecule has 5 nitrogen and oxygen atoms in total. The molecule has 0 saturated heterocycles. The van der Waals surface area contributed by atoms with Crippen LogP contribution in [-0.2, 0) is 11.3 Å². The molecular formula is C19H20N3O2. The van der Waals surface area contributed by atoms with E-state index in [0.29, 0.717) is 6.54 Å². The monoisotopic (exact) mass is 322 g/mol. The molecule has 0 fully saturated rings. The lowest BCUT2D eigenvalue weighted by Crippen LogP contribution is -2.31. The number of para-hydroxylation sites is 1. The van der Waals surface area contributed by atoms with E-state index in [0.717, 1.165) is 17.9 Å². The van der Waals surface area contributed by atoms with Gasteiger partial charge in [-0.1, -0.05) is 48.5 Å². The van der Waals surface area contributed by atoms with E-state index in [-0.39, 0.29) is 6.61 Å². The first-order valence-electron chi connectivity index (χ1n) is 7.85. The third kappa shape index (κ3) is 4.52. The van der Waals surface area contributed by atoms with E-state index in [1.54, 1.807) is 0 Å². The molecule has 1 aliphatic rings. The molecule has 0 bridgehead atoms. The summed E-state index contributed by atoms with van der Waals surface area (Å²) in [5.74, 6) is 0. The molecule has 0 aromatic heterocycles. The molecular weight excluding hydrogens is 302 g/mol. The molecule has 1 radical (unpaired) electrons. The average molecular weight is 322 g/mol. The highest BCUT2D eigenvalue weighted by atomic mass is 16.5. The number of amides is 1. The van der Waals surface area contributed by atoms with Crippen LogP contribution in [0.1, 0.15) is 5.56 Å². The molecule has 24 heavy (non-hydrogen) atoms.